The summed E-state index contributed by atoms with van der Waals surface area (Å²) in [5, 5.41) is 15.6. The number of aromatic amines is 1. The van der Waals surface area contributed by atoms with Gasteiger partial charge in [0.05, 0.1) is 6.54 Å². The summed E-state index contributed by atoms with van der Waals surface area (Å²) >= 11 is 0. The zero-order valence-electron chi connectivity index (χ0n) is 16.5. The van der Waals surface area contributed by atoms with Crippen LogP contribution in [0.25, 0.3) is 10.9 Å². The van der Waals surface area contributed by atoms with Crippen molar-refractivity contribution in [3.8, 4) is 5.75 Å². The molecule has 2 amide bonds. The summed E-state index contributed by atoms with van der Waals surface area (Å²) in [6, 6.07) is 12.0. The van der Waals surface area contributed by atoms with Gasteiger partial charge in [-0.2, -0.15) is 0 Å². The molecule has 7 heteroatoms. The molecule has 0 saturated heterocycles. The third-order valence-electron chi connectivity index (χ3n) is 4.75. The number of ether oxygens (including phenoxy) is 1. The van der Waals surface area contributed by atoms with Gasteiger partial charge in [-0.05, 0) is 36.6 Å². The number of carbonyl (C=O) groups excluding carboxylic acids is 1. The van der Waals surface area contributed by atoms with Crippen LogP contribution >= 0.6 is 0 Å². The van der Waals surface area contributed by atoms with E-state index in [4.69, 9.17) is 4.74 Å². The van der Waals surface area contributed by atoms with E-state index < -0.39 is 18.0 Å². The Hall–Kier alpha value is -3.48. The molecule has 1 aromatic heterocycles. The molecule has 1 atom stereocenters. The van der Waals surface area contributed by atoms with Gasteiger partial charge in [0.15, 0.2) is 0 Å². The van der Waals surface area contributed by atoms with Crippen LogP contribution in [0.2, 0.25) is 0 Å². The summed E-state index contributed by atoms with van der Waals surface area (Å²) in [4.78, 5) is 26.9. The first-order valence-electron chi connectivity index (χ1n) is 9.47. The Morgan fingerprint density at radius 1 is 1.10 bits per heavy atom. The predicted octanol–water partition coefficient (Wildman–Crippen LogP) is 3.16. The van der Waals surface area contributed by atoms with E-state index in [0.717, 1.165) is 33.3 Å². The van der Waals surface area contributed by atoms with E-state index in [-0.39, 0.29) is 13.0 Å². The highest BCUT2D eigenvalue weighted by atomic mass is 16.5. The number of fused-ring (bicyclic) bond motifs is 1. The van der Waals surface area contributed by atoms with Gasteiger partial charge < -0.3 is 25.5 Å². The second-order valence-electron chi connectivity index (χ2n) is 6.92. The minimum absolute atomic E-state index is 0.186. The Kier molecular flexibility index (Phi) is 6.39. The second kappa shape index (κ2) is 9.14. The zero-order valence-corrected chi connectivity index (χ0v) is 16.5. The average Bonchev–Trinajstić information content (AvgIpc) is 3.09. The highest BCUT2D eigenvalue weighted by Crippen LogP contribution is 2.22. The second-order valence-corrected chi connectivity index (χ2v) is 6.92. The maximum atomic E-state index is 12.1. The van der Waals surface area contributed by atoms with Crippen LogP contribution in [0.1, 0.15) is 16.7 Å². The van der Waals surface area contributed by atoms with Crippen LogP contribution in [0.15, 0.2) is 48.7 Å². The van der Waals surface area contributed by atoms with E-state index >= 15 is 0 Å². The molecular formula is C22H25N3O4. The molecular weight excluding hydrogens is 370 g/mol. The van der Waals surface area contributed by atoms with Crippen molar-refractivity contribution in [1.29, 1.82) is 0 Å². The van der Waals surface area contributed by atoms with Gasteiger partial charge >= 0.3 is 12.0 Å². The van der Waals surface area contributed by atoms with E-state index in [1.54, 1.807) is 6.20 Å². The quantitative estimate of drug-likeness (QED) is 0.440. The number of aryl methyl sites for hydroxylation is 2. The summed E-state index contributed by atoms with van der Waals surface area (Å²) in [6.07, 6.45) is 1.96. The van der Waals surface area contributed by atoms with E-state index in [1.807, 2.05) is 56.3 Å². The SMILES string of the molecule is Cc1cccc(C)c1OCCNC(=O)N[C@@H](Cc1c[nH]c2ccccc12)C(=O)O. The van der Waals surface area contributed by atoms with Crippen LogP contribution in [-0.2, 0) is 11.2 Å². The number of H-pyrrole nitrogens is 1. The number of carboxylic acid groups (broad SMARTS) is 1. The zero-order chi connectivity index (χ0) is 20.8. The Bertz CT molecular complexity index is 992. The lowest BCUT2D eigenvalue weighted by atomic mass is 10.1. The van der Waals surface area contributed by atoms with Crippen molar-refractivity contribution in [1.82, 2.24) is 15.6 Å². The van der Waals surface area contributed by atoms with Crippen molar-refractivity contribution < 1.29 is 19.4 Å². The van der Waals surface area contributed by atoms with Gasteiger partial charge in [-0.15, -0.1) is 0 Å². The van der Waals surface area contributed by atoms with Crippen molar-refractivity contribution in [3.05, 3.63) is 65.4 Å². The number of aromatic nitrogens is 1. The lowest BCUT2D eigenvalue weighted by Crippen LogP contribution is -2.47. The lowest BCUT2D eigenvalue weighted by Gasteiger charge is -2.16. The van der Waals surface area contributed by atoms with E-state index in [0.29, 0.717) is 6.61 Å². The summed E-state index contributed by atoms with van der Waals surface area (Å²) in [6.45, 7) is 4.48. The molecule has 0 aliphatic heterocycles. The monoisotopic (exact) mass is 395 g/mol. The summed E-state index contributed by atoms with van der Waals surface area (Å²) < 4.78 is 5.74. The van der Waals surface area contributed by atoms with Gasteiger partial charge in [-0.3, -0.25) is 0 Å². The molecule has 0 aliphatic carbocycles. The Labute approximate surface area is 169 Å². The van der Waals surface area contributed by atoms with Crippen LogP contribution < -0.4 is 15.4 Å². The van der Waals surface area contributed by atoms with Gasteiger partial charge in [0.25, 0.3) is 0 Å². The third-order valence-corrected chi connectivity index (χ3v) is 4.75. The predicted molar refractivity (Wildman–Crippen MR) is 111 cm³/mol. The van der Waals surface area contributed by atoms with E-state index in [2.05, 4.69) is 15.6 Å². The van der Waals surface area contributed by atoms with Gasteiger partial charge in [0.1, 0.15) is 18.4 Å². The molecule has 0 unspecified atom stereocenters. The number of benzene rings is 2. The van der Waals surface area contributed by atoms with Gasteiger partial charge in [-0.25, -0.2) is 9.59 Å². The van der Waals surface area contributed by atoms with Crippen molar-refractivity contribution in [2.24, 2.45) is 0 Å². The van der Waals surface area contributed by atoms with Gasteiger partial charge in [-0.1, -0.05) is 36.4 Å². The fraction of sp³-hybridized carbons (Fsp3) is 0.273. The summed E-state index contributed by atoms with van der Waals surface area (Å²) in [5.74, 6) is -0.283. The first kappa shape index (κ1) is 20.3. The number of rotatable bonds is 8. The fourth-order valence-corrected chi connectivity index (χ4v) is 3.27. The van der Waals surface area contributed by atoms with Crippen molar-refractivity contribution in [2.75, 3.05) is 13.2 Å². The molecule has 0 aliphatic rings. The molecule has 0 spiro atoms. The van der Waals surface area contributed by atoms with Crippen LogP contribution in [0.4, 0.5) is 4.79 Å². The number of hydrogen-bond donors (Lipinski definition) is 4. The van der Waals surface area contributed by atoms with Crippen molar-refractivity contribution in [3.63, 3.8) is 0 Å². The number of carboxylic acids is 1. The number of urea groups is 1. The molecule has 0 bridgehead atoms. The summed E-state index contributed by atoms with van der Waals surface area (Å²) in [7, 11) is 0. The van der Waals surface area contributed by atoms with Crippen molar-refractivity contribution >= 4 is 22.9 Å². The first-order chi connectivity index (χ1) is 14.0. The fourth-order valence-electron chi connectivity index (χ4n) is 3.27. The van der Waals surface area contributed by atoms with Gasteiger partial charge in [0, 0.05) is 23.5 Å². The molecule has 29 heavy (non-hydrogen) atoms. The largest absolute Gasteiger partial charge is 0.491 e. The molecule has 7 nitrogen and oxygen atoms in total. The maximum absolute atomic E-state index is 12.1. The smallest absolute Gasteiger partial charge is 0.326 e. The maximum Gasteiger partial charge on any atom is 0.326 e. The van der Waals surface area contributed by atoms with E-state index in [1.165, 1.54) is 0 Å². The number of carbonyl (C=O) groups is 2. The van der Waals surface area contributed by atoms with Crippen molar-refractivity contribution in [2.45, 2.75) is 26.3 Å². The van der Waals surface area contributed by atoms with E-state index in [9.17, 15) is 14.7 Å². The average molecular weight is 395 g/mol. The standard InChI is InChI=1S/C22H25N3O4/c1-14-6-5-7-15(2)20(14)29-11-10-23-22(28)25-19(21(26)27)12-16-13-24-18-9-4-3-8-17(16)18/h3-9,13,19,24H,10-12H2,1-2H3,(H,26,27)(H2,23,25,28)/t19-/m0/s1. The molecule has 1 heterocycles. The topological polar surface area (TPSA) is 103 Å². The number of amides is 2. The molecule has 2 aromatic carbocycles. The summed E-state index contributed by atoms with van der Waals surface area (Å²) in [5.41, 5.74) is 3.82. The number of para-hydroxylation sites is 2. The molecule has 0 radical (unpaired) electrons. The Morgan fingerprint density at radius 3 is 2.55 bits per heavy atom. The van der Waals surface area contributed by atoms with Crippen LogP contribution in [0.3, 0.4) is 0 Å². The Balaban J connectivity index is 1.51. The normalized spacial score (nSPS) is 11.8. The highest BCUT2D eigenvalue weighted by molar-refractivity contribution is 5.86. The lowest BCUT2D eigenvalue weighted by molar-refractivity contribution is -0.139. The van der Waals surface area contributed by atoms with Crippen LogP contribution in [-0.4, -0.2) is 41.3 Å². The minimum atomic E-state index is -1.09. The minimum Gasteiger partial charge on any atom is -0.491 e. The molecule has 0 fully saturated rings. The molecule has 0 saturated carbocycles. The number of nitrogens with one attached hydrogen (secondary N) is 3. The number of hydrogen-bond acceptors (Lipinski definition) is 3. The van der Waals surface area contributed by atoms with Crippen LogP contribution in [0.5, 0.6) is 5.75 Å². The first-order valence-corrected chi connectivity index (χ1v) is 9.47. The molecule has 4 N–H and O–H groups in total. The van der Waals surface area contributed by atoms with Crippen LogP contribution in [0, 0.1) is 13.8 Å². The Morgan fingerprint density at radius 2 is 1.83 bits per heavy atom. The molecule has 3 rings (SSSR count). The highest BCUT2D eigenvalue weighted by Gasteiger charge is 2.21. The number of aliphatic carboxylic acids is 1. The van der Waals surface area contributed by atoms with Gasteiger partial charge in [0.2, 0.25) is 0 Å². The third kappa shape index (κ3) is 5.07. The molecule has 152 valence electrons. The molecule has 3 aromatic rings.